The Labute approximate surface area is 159 Å². The van der Waals surface area contributed by atoms with Crippen LogP contribution in [0.3, 0.4) is 0 Å². The van der Waals surface area contributed by atoms with Crippen molar-refractivity contribution in [1.29, 1.82) is 0 Å². The van der Waals surface area contributed by atoms with Gasteiger partial charge < -0.3 is 15.5 Å². The SMILES string of the molecule is O=C(O)c1ccc(Nc2ncc3nnn(-c4cccc(CCO)c4)c3n2)cc1. The molecule has 9 heteroatoms. The van der Waals surface area contributed by atoms with Gasteiger partial charge in [0.2, 0.25) is 5.95 Å². The summed E-state index contributed by atoms with van der Waals surface area (Å²) in [5.74, 6) is -0.645. The van der Waals surface area contributed by atoms with Gasteiger partial charge in [-0.1, -0.05) is 17.3 Å². The molecular weight excluding hydrogens is 360 g/mol. The lowest BCUT2D eigenvalue weighted by Crippen LogP contribution is -2.02. The number of benzene rings is 2. The van der Waals surface area contributed by atoms with Gasteiger partial charge in [-0.3, -0.25) is 0 Å². The van der Waals surface area contributed by atoms with Crippen LogP contribution >= 0.6 is 0 Å². The van der Waals surface area contributed by atoms with Gasteiger partial charge in [0.1, 0.15) is 0 Å². The molecule has 0 fully saturated rings. The highest BCUT2D eigenvalue weighted by Gasteiger charge is 2.11. The van der Waals surface area contributed by atoms with E-state index in [0.29, 0.717) is 29.2 Å². The third-order valence-corrected chi connectivity index (χ3v) is 4.14. The van der Waals surface area contributed by atoms with Gasteiger partial charge >= 0.3 is 5.97 Å². The van der Waals surface area contributed by atoms with Crippen LogP contribution < -0.4 is 5.32 Å². The van der Waals surface area contributed by atoms with Crippen molar-refractivity contribution < 1.29 is 15.0 Å². The number of nitrogens with zero attached hydrogens (tertiary/aromatic N) is 5. The van der Waals surface area contributed by atoms with Crippen molar-refractivity contribution >= 4 is 28.8 Å². The Balaban J connectivity index is 1.66. The second-order valence-electron chi connectivity index (χ2n) is 6.05. The van der Waals surface area contributed by atoms with Gasteiger partial charge in [-0.15, -0.1) is 5.10 Å². The zero-order chi connectivity index (χ0) is 19.5. The number of fused-ring (bicyclic) bond motifs is 1. The third kappa shape index (κ3) is 3.51. The van der Waals surface area contributed by atoms with E-state index in [1.807, 2.05) is 24.3 Å². The number of carbonyl (C=O) groups is 1. The van der Waals surface area contributed by atoms with E-state index in [9.17, 15) is 4.79 Å². The average Bonchev–Trinajstić information content (AvgIpc) is 3.12. The van der Waals surface area contributed by atoms with Crippen LogP contribution in [0.5, 0.6) is 0 Å². The zero-order valence-electron chi connectivity index (χ0n) is 14.6. The van der Waals surface area contributed by atoms with E-state index >= 15 is 0 Å². The van der Waals surface area contributed by atoms with Gasteiger partial charge in [0.25, 0.3) is 0 Å². The molecule has 0 spiro atoms. The number of aliphatic hydroxyl groups excluding tert-OH is 1. The van der Waals surface area contributed by atoms with Gasteiger partial charge in [-0.25, -0.2) is 9.78 Å². The number of aliphatic hydroxyl groups is 1. The van der Waals surface area contributed by atoms with Crippen molar-refractivity contribution in [2.75, 3.05) is 11.9 Å². The van der Waals surface area contributed by atoms with Crippen LogP contribution in [0.2, 0.25) is 0 Å². The molecule has 0 aliphatic rings. The number of aromatic carboxylic acids is 1. The summed E-state index contributed by atoms with van der Waals surface area (Å²) in [6.45, 7) is 0.0679. The fourth-order valence-corrected chi connectivity index (χ4v) is 2.76. The lowest BCUT2D eigenvalue weighted by Gasteiger charge is -2.07. The molecule has 4 rings (SSSR count). The first kappa shape index (κ1) is 17.6. The number of carboxylic acid groups (broad SMARTS) is 1. The molecule has 0 amide bonds. The van der Waals surface area contributed by atoms with Crippen LogP contribution in [0.25, 0.3) is 16.9 Å². The standard InChI is InChI=1S/C19H16N6O3/c26-9-8-12-2-1-3-15(10-12)25-17-16(23-24-25)11-20-19(22-17)21-14-6-4-13(5-7-14)18(27)28/h1-7,10-11,26H,8-9H2,(H,27,28)(H,20,21,22). The van der Waals surface area contributed by atoms with E-state index in [1.165, 1.54) is 12.1 Å². The van der Waals surface area contributed by atoms with E-state index in [2.05, 4.69) is 25.6 Å². The molecule has 0 aliphatic heterocycles. The molecule has 0 saturated carbocycles. The topological polar surface area (TPSA) is 126 Å². The van der Waals surface area contributed by atoms with Gasteiger partial charge in [-0.05, 0) is 48.4 Å². The summed E-state index contributed by atoms with van der Waals surface area (Å²) in [5.41, 5.74) is 3.69. The van der Waals surface area contributed by atoms with E-state index < -0.39 is 5.97 Å². The number of hydrogen-bond donors (Lipinski definition) is 3. The summed E-state index contributed by atoms with van der Waals surface area (Å²) in [6, 6.07) is 13.9. The smallest absolute Gasteiger partial charge is 0.335 e. The second-order valence-corrected chi connectivity index (χ2v) is 6.05. The van der Waals surface area contributed by atoms with E-state index in [0.717, 1.165) is 11.3 Å². The van der Waals surface area contributed by atoms with Crippen molar-refractivity contribution in [1.82, 2.24) is 25.0 Å². The molecule has 9 nitrogen and oxygen atoms in total. The highest BCUT2D eigenvalue weighted by atomic mass is 16.4. The molecule has 0 saturated heterocycles. The first-order valence-electron chi connectivity index (χ1n) is 8.53. The second kappa shape index (κ2) is 7.41. The van der Waals surface area contributed by atoms with Crippen molar-refractivity contribution in [3.8, 4) is 5.69 Å². The highest BCUT2D eigenvalue weighted by Crippen LogP contribution is 2.19. The van der Waals surface area contributed by atoms with Gasteiger partial charge in [0.05, 0.1) is 17.4 Å². The highest BCUT2D eigenvalue weighted by molar-refractivity contribution is 5.88. The molecule has 2 aromatic heterocycles. The fourth-order valence-electron chi connectivity index (χ4n) is 2.76. The molecule has 0 atom stereocenters. The molecule has 4 aromatic rings. The average molecular weight is 376 g/mol. The Morgan fingerprint density at radius 2 is 1.96 bits per heavy atom. The number of nitrogens with one attached hydrogen (secondary N) is 1. The summed E-state index contributed by atoms with van der Waals surface area (Å²) >= 11 is 0. The summed E-state index contributed by atoms with van der Waals surface area (Å²) in [4.78, 5) is 19.7. The third-order valence-electron chi connectivity index (χ3n) is 4.14. The molecule has 28 heavy (non-hydrogen) atoms. The summed E-state index contributed by atoms with van der Waals surface area (Å²) < 4.78 is 1.61. The van der Waals surface area contributed by atoms with Crippen molar-refractivity contribution in [2.45, 2.75) is 6.42 Å². The summed E-state index contributed by atoms with van der Waals surface area (Å²) in [7, 11) is 0. The van der Waals surface area contributed by atoms with Crippen LogP contribution in [0.15, 0.2) is 54.7 Å². The van der Waals surface area contributed by atoms with Crippen LogP contribution in [0.4, 0.5) is 11.6 Å². The molecular formula is C19H16N6O3. The monoisotopic (exact) mass is 376 g/mol. The molecule has 2 heterocycles. The number of rotatable bonds is 6. The maximum atomic E-state index is 10.9. The summed E-state index contributed by atoms with van der Waals surface area (Å²) in [5, 5.41) is 29.4. The first-order valence-corrected chi connectivity index (χ1v) is 8.53. The minimum absolute atomic E-state index is 0.0679. The van der Waals surface area contributed by atoms with Crippen molar-refractivity contribution in [3.63, 3.8) is 0 Å². The van der Waals surface area contributed by atoms with Crippen molar-refractivity contribution in [2.24, 2.45) is 0 Å². The Hall–Kier alpha value is -3.85. The van der Waals surface area contributed by atoms with Crippen LogP contribution in [0.1, 0.15) is 15.9 Å². The van der Waals surface area contributed by atoms with Crippen LogP contribution in [-0.4, -0.2) is 47.8 Å². The quantitative estimate of drug-likeness (QED) is 0.467. The Morgan fingerprint density at radius 1 is 1.14 bits per heavy atom. The normalized spacial score (nSPS) is 10.9. The van der Waals surface area contributed by atoms with Crippen molar-refractivity contribution in [3.05, 3.63) is 65.9 Å². The van der Waals surface area contributed by atoms with E-state index in [1.54, 1.807) is 23.0 Å². The zero-order valence-corrected chi connectivity index (χ0v) is 14.6. The lowest BCUT2D eigenvalue weighted by molar-refractivity contribution is 0.0697. The maximum Gasteiger partial charge on any atom is 0.335 e. The van der Waals surface area contributed by atoms with Crippen LogP contribution in [0, 0.1) is 0 Å². The van der Waals surface area contributed by atoms with E-state index in [4.69, 9.17) is 10.2 Å². The fraction of sp³-hybridized carbons (Fsp3) is 0.105. The van der Waals surface area contributed by atoms with Gasteiger partial charge in [0.15, 0.2) is 11.2 Å². The predicted octanol–water partition coefficient (Wildman–Crippen LogP) is 2.19. The molecule has 0 radical (unpaired) electrons. The largest absolute Gasteiger partial charge is 0.478 e. The van der Waals surface area contributed by atoms with Crippen LogP contribution in [-0.2, 0) is 6.42 Å². The van der Waals surface area contributed by atoms with Gasteiger partial charge in [-0.2, -0.15) is 9.67 Å². The molecule has 3 N–H and O–H groups in total. The molecule has 0 aliphatic carbocycles. The Kier molecular flexibility index (Phi) is 4.65. The minimum atomic E-state index is -0.984. The molecule has 140 valence electrons. The summed E-state index contributed by atoms with van der Waals surface area (Å²) in [6.07, 6.45) is 2.12. The van der Waals surface area contributed by atoms with E-state index in [-0.39, 0.29) is 12.2 Å². The first-order chi connectivity index (χ1) is 13.6. The molecule has 0 bridgehead atoms. The number of aromatic nitrogens is 5. The molecule has 0 unspecified atom stereocenters. The predicted molar refractivity (Wildman–Crippen MR) is 102 cm³/mol. The number of anilines is 2. The number of carboxylic acids is 1. The Bertz CT molecular complexity index is 1140. The minimum Gasteiger partial charge on any atom is -0.478 e. The molecule has 2 aromatic carbocycles. The Morgan fingerprint density at radius 3 is 2.71 bits per heavy atom. The maximum absolute atomic E-state index is 10.9. The lowest BCUT2D eigenvalue weighted by atomic mass is 10.1. The number of hydrogen-bond acceptors (Lipinski definition) is 7. The van der Waals surface area contributed by atoms with Gasteiger partial charge in [0, 0.05) is 12.3 Å².